The predicted molar refractivity (Wildman–Crippen MR) is 84.1 cm³/mol. The Bertz CT molecular complexity index is 656. The van der Waals surface area contributed by atoms with E-state index in [1.54, 1.807) is 6.07 Å². The first-order valence-corrected chi connectivity index (χ1v) is 9.06. The lowest BCUT2D eigenvalue weighted by molar-refractivity contribution is 0.426. The lowest BCUT2D eigenvalue weighted by Gasteiger charge is -2.20. The third-order valence-corrected chi connectivity index (χ3v) is 6.39. The van der Waals surface area contributed by atoms with Crippen molar-refractivity contribution in [3.63, 3.8) is 0 Å². The van der Waals surface area contributed by atoms with Crippen LogP contribution in [0.2, 0.25) is 4.34 Å². The Labute approximate surface area is 132 Å². The molecule has 20 heavy (non-hydrogen) atoms. The van der Waals surface area contributed by atoms with Crippen molar-refractivity contribution in [2.75, 3.05) is 12.4 Å². The maximum Gasteiger partial charge on any atom is 0.252 e. The topological polar surface area (TPSA) is 37.4 Å². The van der Waals surface area contributed by atoms with Crippen molar-refractivity contribution < 1.29 is 8.42 Å². The first kappa shape index (κ1) is 15.8. The molecule has 0 amide bonds. The SMILES string of the molecule is O=S(=O)(c1ccc(Cl)s1)N(CCCl)Cc1ccccc1. The first-order valence-electron chi connectivity index (χ1n) is 5.89. The Kier molecular flexibility index (Phi) is 5.46. The highest BCUT2D eigenvalue weighted by molar-refractivity contribution is 7.91. The average Bonchev–Trinajstić information content (AvgIpc) is 2.87. The molecule has 0 spiro atoms. The van der Waals surface area contributed by atoms with Crippen LogP contribution in [0, 0.1) is 0 Å². The van der Waals surface area contributed by atoms with Gasteiger partial charge in [0.2, 0.25) is 0 Å². The van der Waals surface area contributed by atoms with E-state index in [0.29, 0.717) is 10.9 Å². The Morgan fingerprint density at radius 1 is 1.10 bits per heavy atom. The zero-order valence-corrected chi connectivity index (χ0v) is 13.6. The summed E-state index contributed by atoms with van der Waals surface area (Å²) in [5.41, 5.74) is 0.920. The molecule has 2 aromatic rings. The molecule has 0 fully saturated rings. The van der Waals surface area contributed by atoms with Crippen molar-refractivity contribution in [1.82, 2.24) is 4.31 Å². The molecule has 108 valence electrons. The molecule has 0 radical (unpaired) electrons. The van der Waals surface area contributed by atoms with E-state index in [2.05, 4.69) is 0 Å². The van der Waals surface area contributed by atoms with E-state index in [4.69, 9.17) is 23.2 Å². The third kappa shape index (κ3) is 3.74. The van der Waals surface area contributed by atoms with Crippen molar-refractivity contribution in [2.45, 2.75) is 10.8 Å². The summed E-state index contributed by atoms with van der Waals surface area (Å²) >= 11 is 12.6. The molecule has 1 aromatic carbocycles. The van der Waals surface area contributed by atoms with Crippen LogP contribution in [0.1, 0.15) is 5.56 Å². The summed E-state index contributed by atoms with van der Waals surface area (Å²) in [6.07, 6.45) is 0. The van der Waals surface area contributed by atoms with Gasteiger partial charge in [0.25, 0.3) is 10.0 Å². The second-order valence-electron chi connectivity index (χ2n) is 4.07. The monoisotopic (exact) mass is 349 g/mol. The molecule has 2 rings (SSSR count). The summed E-state index contributed by atoms with van der Waals surface area (Å²) in [4.78, 5) is 0. The molecule has 0 aliphatic heterocycles. The van der Waals surface area contributed by atoms with E-state index < -0.39 is 10.0 Å². The van der Waals surface area contributed by atoms with E-state index in [9.17, 15) is 8.42 Å². The van der Waals surface area contributed by atoms with Crippen LogP contribution in [0.25, 0.3) is 0 Å². The Morgan fingerprint density at radius 2 is 1.80 bits per heavy atom. The van der Waals surface area contributed by atoms with Gasteiger partial charge < -0.3 is 0 Å². The third-order valence-electron chi connectivity index (χ3n) is 2.68. The van der Waals surface area contributed by atoms with Crippen molar-refractivity contribution in [2.24, 2.45) is 0 Å². The second kappa shape index (κ2) is 6.91. The van der Waals surface area contributed by atoms with Gasteiger partial charge >= 0.3 is 0 Å². The summed E-state index contributed by atoms with van der Waals surface area (Å²) in [6.45, 7) is 0.555. The number of benzene rings is 1. The fraction of sp³-hybridized carbons (Fsp3) is 0.231. The molecular weight excluding hydrogens is 337 g/mol. The van der Waals surface area contributed by atoms with Gasteiger partial charge in [0.1, 0.15) is 4.21 Å². The molecule has 1 heterocycles. The van der Waals surface area contributed by atoms with Crippen LogP contribution in [0.4, 0.5) is 0 Å². The van der Waals surface area contributed by atoms with E-state index in [-0.39, 0.29) is 16.6 Å². The number of hydrogen-bond acceptors (Lipinski definition) is 3. The van der Waals surface area contributed by atoms with Crippen molar-refractivity contribution >= 4 is 44.6 Å². The lowest BCUT2D eigenvalue weighted by atomic mass is 10.2. The maximum atomic E-state index is 12.6. The highest BCUT2D eigenvalue weighted by Crippen LogP contribution is 2.28. The van der Waals surface area contributed by atoms with Crippen molar-refractivity contribution in [3.8, 4) is 0 Å². The van der Waals surface area contributed by atoms with E-state index in [1.807, 2.05) is 30.3 Å². The zero-order chi connectivity index (χ0) is 14.6. The molecule has 0 bridgehead atoms. The molecule has 0 aliphatic carbocycles. The van der Waals surface area contributed by atoms with Crippen LogP contribution in [-0.4, -0.2) is 25.1 Å². The molecule has 0 atom stereocenters. The molecule has 7 heteroatoms. The summed E-state index contributed by atoms with van der Waals surface area (Å²) < 4.78 is 27.2. The van der Waals surface area contributed by atoms with Gasteiger partial charge in [-0.2, -0.15) is 4.31 Å². The molecule has 0 unspecified atom stereocenters. The Morgan fingerprint density at radius 3 is 2.35 bits per heavy atom. The van der Waals surface area contributed by atoms with Gasteiger partial charge in [-0.15, -0.1) is 22.9 Å². The van der Waals surface area contributed by atoms with Crippen LogP contribution in [-0.2, 0) is 16.6 Å². The van der Waals surface area contributed by atoms with E-state index >= 15 is 0 Å². The number of hydrogen-bond donors (Lipinski definition) is 0. The number of alkyl halides is 1. The van der Waals surface area contributed by atoms with Gasteiger partial charge in [-0.25, -0.2) is 8.42 Å². The quantitative estimate of drug-likeness (QED) is 0.743. The standard InChI is InChI=1S/C13H13Cl2NO2S2/c14-8-9-16(10-11-4-2-1-3-5-11)20(17,18)13-7-6-12(15)19-13/h1-7H,8-10H2. The first-order chi connectivity index (χ1) is 9.54. The number of sulfonamides is 1. The highest BCUT2D eigenvalue weighted by atomic mass is 35.5. The van der Waals surface area contributed by atoms with Crippen molar-refractivity contribution in [1.29, 1.82) is 0 Å². The van der Waals surface area contributed by atoms with E-state index in [0.717, 1.165) is 16.9 Å². The second-order valence-corrected chi connectivity index (χ2v) is 8.33. The molecule has 0 N–H and O–H groups in total. The van der Waals surface area contributed by atoms with Crippen LogP contribution in [0.3, 0.4) is 0 Å². The van der Waals surface area contributed by atoms with Gasteiger partial charge in [0.05, 0.1) is 4.34 Å². The maximum absolute atomic E-state index is 12.6. The average molecular weight is 350 g/mol. The number of nitrogens with zero attached hydrogens (tertiary/aromatic N) is 1. The summed E-state index contributed by atoms with van der Waals surface area (Å²) in [5, 5.41) is 0. The Hall–Kier alpha value is -0.590. The number of thiophene rings is 1. The van der Waals surface area contributed by atoms with Gasteiger partial charge in [0, 0.05) is 19.0 Å². The summed E-state index contributed by atoms with van der Waals surface area (Å²) in [7, 11) is -3.56. The fourth-order valence-electron chi connectivity index (χ4n) is 1.73. The molecule has 3 nitrogen and oxygen atoms in total. The summed E-state index contributed by atoms with van der Waals surface area (Å²) in [6, 6.07) is 12.5. The van der Waals surface area contributed by atoms with Crippen LogP contribution in [0.15, 0.2) is 46.7 Å². The minimum absolute atomic E-state index is 0.239. The van der Waals surface area contributed by atoms with Crippen LogP contribution in [0.5, 0.6) is 0 Å². The fourth-order valence-corrected chi connectivity index (χ4v) is 5.10. The lowest BCUT2D eigenvalue weighted by Crippen LogP contribution is -2.31. The van der Waals surface area contributed by atoms with Gasteiger partial charge in [-0.3, -0.25) is 0 Å². The molecule has 0 aliphatic rings. The molecule has 0 saturated heterocycles. The minimum Gasteiger partial charge on any atom is -0.206 e. The smallest absolute Gasteiger partial charge is 0.206 e. The minimum atomic E-state index is -3.56. The van der Waals surface area contributed by atoms with Crippen LogP contribution >= 0.6 is 34.5 Å². The molecular formula is C13H13Cl2NO2S2. The molecule has 1 aromatic heterocycles. The van der Waals surface area contributed by atoms with Gasteiger partial charge in [-0.05, 0) is 17.7 Å². The number of halogens is 2. The van der Waals surface area contributed by atoms with Crippen LogP contribution < -0.4 is 0 Å². The van der Waals surface area contributed by atoms with Crippen molar-refractivity contribution in [3.05, 3.63) is 52.4 Å². The summed E-state index contributed by atoms with van der Waals surface area (Å²) in [5.74, 6) is 0.241. The van der Waals surface area contributed by atoms with Gasteiger partial charge in [0.15, 0.2) is 0 Å². The predicted octanol–water partition coefficient (Wildman–Crippen LogP) is 3.83. The molecule has 0 saturated carbocycles. The Balaban J connectivity index is 2.28. The normalized spacial score (nSPS) is 11.9. The van der Waals surface area contributed by atoms with E-state index in [1.165, 1.54) is 10.4 Å². The zero-order valence-electron chi connectivity index (χ0n) is 10.5. The largest absolute Gasteiger partial charge is 0.252 e. The highest BCUT2D eigenvalue weighted by Gasteiger charge is 2.25. The number of rotatable bonds is 6. The van der Waals surface area contributed by atoms with Gasteiger partial charge in [-0.1, -0.05) is 41.9 Å².